The minimum Gasteiger partial charge on any atom is -0.491 e. The van der Waals surface area contributed by atoms with E-state index in [0.29, 0.717) is 23.1 Å². The van der Waals surface area contributed by atoms with Crippen LogP contribution in [-0.2, 0) is 0 Å². The summed E-state index contributed by atoms with van der Waals surface area (Å²) in [5, 5.41) is 4.38. The highest BCUT2D eigenvalue weighted by Crippen LogP contribution is 2.35. The first-order chi connectivity index (χ1) is 8.58. The van der Waals surface area contributed by atoms with E-state index in [0.717, 1.165) is 5.56 Å². The van der Waals surface area contributed by atoms with Gasteiger partial charge in [0.2, 0.25) is 0 Å². The van der Waals surface area contributed by atoms with Gasteiger partial charge in [0.25, 0.3) is 0 Å². The molecule has 0 saturated heterocycles. The van der Waals surface area contributed by atoms with E-state index in [1.807, 2.05) is 6.92 Å². The standard InChI is InChI=1S/C11H14ClN3O2S/c1-3-17-9-5-7(6-14-15-11(13)18)4-8(12)10(9)16-2/h4-6H,3H2,1-2H3,(H3,13,15,18). The lowest BCUT2D eigenvalue weighted by Gasteiger charge is -2.11. The van der Waals surface area contributed by atoms with E-state index >= 15 is 0 Å². The van der Waals surface area contributed by atoms with Crippen LogP contribution in [0.4, 0.5) is 0 Å². The van der Waals surface area contributed by atoms with Crippen LogP contribution in [0.2, 0.25) is 5.02 Å². The van der Waals surface area contributed by atoms with E-state index in [1.54, 1.807) is 12.1 Å². The van der Waals surface area contributed by atoms with Gasteiger partial charge in [-0.25, -0.2) is 0 Å². The Bertz CT molecular complexity index is 466. The minimum absolute atomic E-state index is 0.0934. The van der Waals surface area contributed by atoms with Crippen molar-refractivity contribution in [3.8, 4) is 11.5 Å². The smallest absolute Gasteiger partial charge is 0.184 e. The van der Waals surface area contributed by atoms with Crippen molar-refractivity contribution in [2.75, 3.05) is 13.7 Å². The minimum atomic E-state index is 0.0934. The van der Waals surface area contributed by atoms with Crippen LogP contribution in [0.3, 0.4) is 0 Å². The molecule has 1 rings (SSSR count). The van der Waals surface area contributed by atoms with Crippen molar-refractivity contribution >= 4 is 35.1 Å². The molecule has 0 atom stereocenters. The molecule has 98 valence electrons. The fourth-order valence-electron chi connectivity index (χ4n) is 1.29. The first-order valence-corrected chi connectivity index (χ1v) is 5.96. The second kappa shape index (κ2) is 7.03. The van der Waals surface area contributed by atoms with Gasteiger partial charge in [-0.1, -0.05) is 11.6 Å². The Labute approximate surface area is 116 Å². The number of benzene rings is 1. The molecule has 0 bridgehead atoms. The fraction of sp³-hybridized carbons (Fsp3) is 0.273. The Kier molecular flexibility index (Phi) is 5.67. The molecule has 1 aromatic rings. The molecule has 0 unspecified atom stereocenters. The molecular weight excluding hydrogens is 274 g/mol. The lowest BCUT2D eigenvalue weighted by Crippen LogP contribution is -2.23. The zero-order valence-corrected chi connectivity index (χ0v) is 11.6. The van der Waals surface area contributed by atoms with Crippen LogP contribution >= 0.6 is 23.8 Å². The van der Waals surface area contributed by atoms with Crippen LogP contribution in [-0.4, -0.2) is 25.0 Å². The number of hydrogen-bond donors (Lipinski definition) is 2. The molecule has 7 heteroatoms. The van der Waals surface area contributed by atoms with Gasteiger partial charge in [-0.2, -0.15) is 5.10 Å². The molecule has 0 aromatic heterocycles. The summed E-state index contributed by atoms with van der Waals surface area (Å²) < 4.78 is 10.6. The Morgan fingerprint density at radius 3 is 2.89 bits per heavy atom. The van der Waals surface area contributed by atoms with E-state index in [-0.39, 0.29) is 5.11 Å². The molecule has 18 heavy (non-hydrogen) atoms. The molecule has 5 nitrogen and oxygen atoms in total. The summed E-state index contributed by atoms with van der Waals surface area (Å²) in [5.74, 6) is 1.06. The predicted octanol–water partition coefficient (Wildman–Crippen LogP) is 1.91. The van der Waals surface area contributed by atoms with Crippen LogP contribution < -0.4 is 20.6 Å². The number of nitrogens with zero attached hydrogens (tertiary/aromatic N) is 1. The molecule has 0 aliphatic heterocycles. The normalized spacial score (nSPS) is 10.4. The van der Waals surface area contributed by atoms with Gasteiger partial charge in [-0.15, -0.1) is 0 Å². The summed E-state index contributed by atoms with van der Waals surface area (Å²) in [4.78, 5) is 0. The first kappa shape index (κ1) is 14.5. The highest BCUT2D eigenvalue weighted by Gasteiger charge is 2.10. The molecule has 0 amide bonds. The van der Waals surface area contributed by atoms with Crippen molar-refractivity contribution in [2.24, 2.45) is 10.8 Å². The summed E-state index contributed by atoms with van der Waals surface area (Å²) >= 11 is 10.7. The van der Waals surface area contributed by atoms with E-state index < -0.39 is 0 Å². The topological polar surface area (TPSA) is 68.9 Å². The molecule has 0 radical (unpaired) electrons. The number of hydrogen-bond acceptors (Lipinski definition) is 4. The Morgan fingerprint density at radius 1 is 1.61 bits per heavy atom. The highest BCUT2D eigenvalue weighted by atomic mass is 35.5. The van der Waals surface area contributed by atoms with E-state index in [1.165, 1.54) is 13.3 Å². The van der Waals surface area contributed by atoms with Gasteiger partial charge in [-0.05, 0) is 36.8 Å². The fourth-order valence-corrected chi connectivity index (χ4v) is 1.64. The number of halogens is 1. The van der Waals surface area contributed by atoms with Gasteiger partial charge in [0.1, 0.15) is 0 Å². The van der Waals surface area contributed by atoms with Gasteiger partial charge >= 0.3 is 0 Å². The van der Waals surface area contributed by atoms with Crippen LogP contribution in [0.1, 0.15) is 12.5 Å². The van der Waals surface area contributed by atoms with Crippen molar-refractivity contribution < 1.29 is 9.47 Å². The summed E-state index contributed by atoms with van der Waals surface area (Å²) in [5.41, 5.74) is 8.45. The molecule has 0 saturated carbocycles. The molecule has 0 aliphatic rings. The second-order valence-electron chi connectivity index (χ2n) is 3.20. The zero-order valence-electron chi connectivity index (χ0n) is 10.1. The molecule has 3 N–H and O–H groups in total. The third kappa shape index (κ3) is 4.05. The Morgan fingerprint density at radius 2 is 2.33 bits per heavy atom. The van der Waals surface area contributed by atoms with Crippen LogP contribution in [0.15, 0.2) is 17.2 Å². The average Bonchev–Trinajstić information content (AvgIpc) is 2.28. The van der Waals surface area contributed by atoms with Gasteiger partial charge in [-0.3, -0.25) is 5.43 Å². The largest absolute Gasteiger partial charge is 0.491 e. The van der Waals surface area contributed by atoms with Crippen molar-refractivity contribution in [3.63, 3.8) is 0 Å². The average molecular weight is 288 g/mol. The predicted molar refractivity (Wildman–Crippen MR) is 76.7 cm³/mol. The molecule has 1 aromatic carbocycles. The maximum absolute atomic E-state index is 6.07. The van der Waals surface area contributed by atoms with Gasteiger partial charge < -0.3 is 15.2 Å². The van der Waals surface area contributed by atoms with Crippen LogP contribution in [0, 0.1) is 0 Å². The molecular formula is C11H14ClN3O2S. The number of ether oxygens (including phenoxy) is 2. The molecule has 0 spiro atoms. The SMILES string of the molecule is CCOc1cc(C=NNC(N)=S)cc(Cl)c1OC. The zero-order chi connectivity index (χ0) is 13.5. The second-order valence-corrected chi connectivity index (χ2v) is 4.05. The number of nitrogens with one attached hydrogen (secondary N) is 1. The van der Waals surface area contributed by atoms with E-state index in [4.69, 9.17) is 26.8 Å². The molecule has 0 fully saturated rings. The summed E-state index contributed by atoms with van der Waals surface area (Å²) in [6.07, 6.45) is 1.53. The van der Waals surface area contributed by atoms with Gasteiger partial charge in [0, 0.05) is 0 Å². The van der Waals surface area contributed by atoms with Crippen LogP contribution in [0.5, 0.6) is 11.5 Å². The number of thiocarbonyl (C=S) groups is 1. The van der Waals surface area contributed by atoms with Gasteiger partial charge in [0.05, 0.1) is 25.0 Å². The maximum Gasteiger partial charge on any atom is 0.184 e. The Balaban J connectivity index is 3.00. The molecule has 0 aliphatic carbocycles. The van der Waals surface area contributed by atoms with Crippen molar-refractivity contribution in [3.05, 3.63) is 22.7 Å². The third-order valence-corrected chi connectivity index (χ3v) is 2.30. The summed E-state index contributed by atoms with van der Waals surface area (Å²) in [6, 6.07) is 3.46. The monoisotopic (exact) mass is 287 g/mol. The summed E-state index contributed by atoms with van der Waals surface area (Å²) in [7, 11) is 1.53. The molecule has 0 heterocycles. The van der Waals surface area contributed by atoms with Crippen molar-refractivity contribution in [1.82, 2.24) is 5.43 Å². The lowest BCUT2D eigenvalue weighted by molar-refractivity contribution is 0.311. The maximum atomic E-state index is 6.07. The van der Waals surface area contributed by atoms with Crippen molar-refractivity contribution in [1.29, 1.82) is 0 Å². The van der Waals surface area contributed by atoms with E-state index in [2.05, 4.69) is 22.7 Å². The Hall–Kier alpha value is -1.53. The number of nitrogens with two attached hydrogens (primary N) is 1. The van der Waals surface area contributed by atoms with Gasteiger partial charge in [0.15, 0.2) is 16.6 Å². The van der Waals surface area contributed by atoms with Crippen molar-refractivity contribution in [2.45, 2.75) is 6.92 Å². The lowest BCUT2D eigenvalue weighted by atomic mass is 10.2. The number of hydrazone groups is 1. The first-order valence-electron chi connectivity index (χ1n) is 5.17. The quantitative estimate of drug-likeness (QED) is 0.492. The van der Waals surface area contributed by atoms with Crippen LogP contribution in [0.25, 0.3) is 0 Å². The van der Waals surface area contributed by atoms with E-state index in [9.17, 15) is 0 Å². The summed E-state index contributed by atoms with van der Waals surface area (Å²) in [6.45, 7) is 2.39. The number of methoxy groups -OCH3 is 1. The number of rotatable bonds is 5. The highest BCUT2D eigenvalue weighted by molar-refractivity contribution is 7.80. The third-order valence-electron chi connectivity index (χ3n) is 1.92.